The van der Waals surface area contributed by atoms with Crippen molar-refractivity contribution in [2.24, 2.45) is 0 Å². The van der Waals surface area contributed by atoms with Crippen molar-refractivity contribution >= 4 is 11.7 Å². The van der Waals surface area contributed by atoms with Crippen LogP contribution in [0.1, 0.15) is 23.7 Å². The molecule has 2 aliphatic heterocycles. The first kappa shape index (κ1) is 23.6. The molecule has 0 saturated carbocycles. The first-order valence-corrected chi connectivity index (χ1v) is 12.0. The van der Waals surface area contributed by atoms with Gasteiger partial charge in [-0.05, 0) is 55.9 Å². The highest BCUT2D eigenvalue weighted by Gasteiger charge is 2.23. The van der Waals surface area contributed by atoms with Crippen molar-refractivity contribution < 1.29 is 13.9 Å². The Morgan fingerprint density at radius 3 is 2.42 bits per heavy atom. The Hall–Kier alpha value is -2.55. The molecule has 0 spiro atoms. The van der Waals surface area contributed by atoms with Crippen LogP contribution in [0.5, 0.6) is 0 Å². The first-order valence-electron chi connectivity index (χ1n) is 12.0. The lowest BCUT2D eigenvalue weighted by molar-refractivity contribution is 0.0374. The number of hydrogen-bond acceptors (Lipinski definition) is 6. The normalized spacial score (nSPS) is 17.8. The number of carbonyl (C=O) groups excluding carboxylic acids is 1. The fraction of sp³-hybridized carbons (Fsp3) is 0.520. The molecule has 2 fully saturated rings. The maximum Gasteiger partial charge on any atom is 0.255 e. The second kappa shape index (κ2) is 11.5. The van der Waals surface area contributed by atoms with Gasteiger partial charge in [0.05, 0.1) is 24.5 Å². The van der Waals surface area contributed by atoms with E-state index < -0.39 is 0 Å². The summed E-state index contributed by atoms with van der Waals surface area (Å²) in [6.07, 6.45) is 0.900. The van der Waals surface area contributed by atoms with Crippen molar-refractivity contribution in [2.75, 3.05) is 77.0 Å². The van der Waals surface area contributed by atoms with Crippen molar-refractivity contribution in [2.45, 2.75) is 13.3 Å². The van der Waals surface area contributed by atoms with Crippen LogP contribution in [0.2, 0.25) is 0 Å². The number of piperazine rings is 1. The molecule has 3 heterocycles. The van der Waals surface area contributed by atoms with Crippen LogP contribution in [0.4, 0.5) is 10.2 Å². The molecule has 2 aliphatic rings. The highest BCUT2D eigenvalue weighted by molar-refractivity contribution is 5.99. The number of amides is 1. The van der Waals surface area contributed by atoms with Gasteiger partial charge >= 0.3 is 0 Å². The summed E-state index contributed by atoms with van der Waals surface area (Å²) in [5, 5.41) is 3.08. The maximum absolute atomic E-state index is 13.4. The minimum absolute atomic E-state index is 0.0944. The third kappa shape index (κ3) is 6.28. The van der Waals surface area contributed by atoms with Gasteiger partial charge in [0, 0.05) is 51.4 Å². The number of rotatable bonds is 8. The molecule has 8 heteroatoms. The summed E-state index contributed by atoms with van der Waals surface area (Å²) in [6, 6.07) is 10.0. The van der Waals surface area contributed by atoms with E-state index in [0.717, 1.165) is 83.3 Å². The fourth-order valence-electron chi connectivity index (χ4n) is 4.35. The van der Waals surface area contributed by atoms with E-state index in [1.807, 2.05) is 12.1 Å². The largest absolute Gasteiger partial charge is 0.379 e. The highest BCUT2D eigenvalue weighted by atomic mass is 19.1. The third-order valence-corrected chi connectivity index (χ3v) is 6.42. The summed E-state index contributed by atoms with van der Waals surface area (Å²) in [7, 11) is 0. The Kier molecular flexibility index (Phi) is 8.25. The maximum atomic E-state index is 13.4. The molecule has 1 amide bonds. The molecule has 0 aliphatic carbocycles. The van der Waals surface area contributed by atoms with Crippen molar-refractivity contribution in [3.05, 3.63) is 47.8 Å². The van der Waals surface area contributed by atoms with Gasteiger partial charge in [0.15, 0.2) is 0 Å². The van der Waals surface area contributed by atoms with E-state index in [4.69, 9.17) is 9.72 Å². The van der Waals surface area contributed by atoms with Gasteiger partial charge in [0.2, 0.25) is 0 Å². The summed E-state index contributed by atoms with van der Waals surface area (Å²) in [5.41, 5.74) is 2.17. The van der Waals surface area contributed by atoms with Crippen LogP contribution < -0.4 is 10.2 Å². The van der Waals surface area contributed by atoms with Crippen LogP contribution in [0.25, 0.3) is 11.3 Å². The number of aromatic nitrogens is 1. The van der Waals surface area contributed by atoms with E-state index in [0.29, 0.717) is 17.9 Å². The lowest BCUT2D eigenvalue weighted by atomic mass is 10.1. The quantitative estimate of drug-likeness (QED) is 0.618. The average Bonchev–Trinajstić information content (AvgIpc) is 2.87. The predicted molar refractivity (Wildman–Crippen MR) is 128 cm³/mol. The minimum Gasteiger partial charge on any atom is -0.379 e. The Labute approximate surface area is 195 Å². The highest BCUT2D eigenvalue weighted by Crippen LogP contribution is 2.26. The number of halogens is 1. The minimum atomic E-state index is -0.275. The van der Waals surface area contributed by atoms with Gasteiger partial charge in [-0.2, -0.15) is 0 Å². The lowest BCUT2D eigenvalue weighted by Crippen LogP contribution is -2.47. The van der Waals surface area contributed by atoms with Crippen LogP contribution in [-0.4, -0.2) is 92.8 Å². The van der Waals surface area contributed by atoms with E-state index in [9.17, 15) is 9.18 Å². The van der Waals surface area contributed by atoms with E-state index in [1.165, 1.54) is 12.1 Å². The van der Waals surface area contributed by atoms with E-state index >= 15 is 0 Å². The van der Waals surface area contributed by atoms with Crippen LogP contribution in [0, 0.1) is 5.82 Å². The Morgan fingerprint density at radius 2 is 1.73 bits per heavy atom. The summed E-state index contributed by atoms with van der Waals surface area (Å²) < 4.78 is 18.8. The standard InChI is InChI=1S/C25H34FN5O2/c1-2-29-12-14-31(15-13-29)24-22(8-9-23(28-24)20-4-6-21(26)7-5-20)25(32)27-10-3-11-30-16-18-33-19-17-30/h4-9H,2-3,10-19H2,1H3,(H,27,32). The van der Waals surface area contributed by atoms with Gasteiger partial charge in [-0.1, -0.05) is 6.92 Å². The van der Waals surface area contributed by atoms with E-state index in [1.54, 1.807) is 12.1 Å². The van der Waals surface area contributed by atoms with Gasteiger partial charge in [-0.25, -0.2) is 9.37 Å². The summed E-state index contributed by atoms with van der Waals surface area (Å²) in [6.45, 7) is 11.8. The zero-order valence-electron chi connectivity index (χ0n) is 19.4. The summed E-state index contributed by atoms with van der Waals surface area (Å²) in [5.74, 6) is 0.337. The summed E-state index contributed by atoms with van der Waals surface area (Å²) in [4.78, 5) is 24.9. The predicted octanol–water partition coefficient (Wildman–Crippen LogP) is 2.48. The lowest BCUT2D eigenvalue weighted by Gasteiger charge is -2.35. The van der Waals surface area contributed by atoms with Crippen LogP contribution in [0.15, 0.2) is 36.4 Å². The summed E-state index contributed by atoms with van der Waals surface area (Å²) >= 11 is 0. The Balaban J connectivity index is 1.46. The van der Waals surface area contributed by atoms with E-state index in [2.05, 4.69) is 26.9 Å². The molecule has 178 valence electrons. The van der Waals surface area contributed by atoms with Gasteiger partial charge in [0.25, 0.3) is 5.91 Å². The number of ether oxygens (including phenoxy) is 1. The van der Waals surface area contributed by atoms with Crippen molar-refractivity contribution in [1.29, 1.82) is 0 Å². The molecular formula is C25H34FN5O2. The zero-order valence-corrected chi connectivity index (χ0v) is 19.4. The molecule has 1 aromatic heterocycles. The first-order chi connectivity index (χ1) is 16.1. The average molecular weight is 456 g/mol. The van der Waals surface area contributed by atoms with Crippen molar-refractivity contribution in [3.63, 3.8) is 0 Å². The van der Waals surface area contributed by atoms with Gasteiger partial charge < -0.3 is 19.9 Å². The number of benzene rings is 1. The molecule has 0 bridgehead atoms. The molecule has 7 nitrogen and oxygen atoms in total. The number of pyridine rings is 1. The second-order valence-corrected chi connectivity index (χ2v) is 8.56. The number of carbonyl (C=O) groups is 1. The van der Waals surface area contributed by atoms with Crippen LogP contribution in [-0.2, 0) is 4.74 Å². The van der Waals surface area contributed by atoms with Crippen LogP contribution in [0.3, 0.4) is 0 Å². The number of nitrogens with zero attached hydrogens (tertiary/aromatic N) is 4. The molecule has 2 saturated heterocycles. The number of likely N-dealkylation sites (N-methyl/N-ethyl adjacent to an activating group) is 1. The molecule has 4 rings (SSSR count). The van der Waals surface area contributed by atoms with Crippen molar-refractivity contribution in [3.8, 4) is 11.3 Å². The molecule has 0 unspecified atom stereocenters. The number of morpholine rings is 1. The van der Waals surface area contributed by atoms with Crippen LogP contribution >= 0.6 is 0 Å². The van der Waals surface area contributed by atoms with E-state index in [-0.39, 0.29) is 11.7 Å². The zero-order chi connectivity index (χ0) is 23.0. The van der Waals surface area contributed by atoms with Gasteiger partial charge in [-0.15, -0.1) is 0 Å². The Bertz CT molecular complexity index is 910. The molecule has 1 aromatic carbocycles. The third-order valence-electron chi connectivity index (χ3n) is 6.42. The Morgan fingerprint density at radius 1 is 1.00 bits per heavy atom. The topological polar surface area (TPSA) is 60.9 Å². The fourth-order valence-corrected chi connectivity index (χ4v) is 4.35. The smallest absolute Gasteiger partial charge is 0.255 e. The number of anilines is 1. The monoisotopic (exact) mass is 455 g/mol. The molecule has 1 N–H and O–H groups in total. The van der Waals surface area contributed by atoms with Gasteiger partial charge in [0.1, 0.15) is 11.6 Å². The molecule has 0 radical (unpaired) electrons. The molecule has 0 atom stereocenters. The molecular weight excluding hydrogens is 421 g/mol. The van der Waals surface area contributed by atoms with Gasteiger partial charge in [-0.3, -0.25) is 9.69 Å². The van der Waals surface area contributed by atoms with Crippen molar-refractivity contribution in [1.82, 2.24) is 20.1 Å². The number of nitrogens with one attached hydrogen (secondary N) is 1. The molecule has 33 heavy (non-hydrogen) atoms. The molecule has 2 aromatic rings. The SMILES string of the molecule is CCN1CCN(c2nc(-c3ccc(F)cc3)ccc2C(=O)NCCCN2CCOCC2)CC1. The number of hydrogen-bond donors (Lipinski definition) is 1. The second-order valence-electron chi connectivity index (χ2n) is 8.56.